The summed E-state index contributed by atoms with van der Waals surface area (Å²) in [4.78, 5) is 4.06. The third-order valence-electron chi connectivity index (χ3n) is 3.08. The molecule has 6 nitrogen and oxygen atoms in total. The maximum atomic E-state index is 12.5. The molecule has 0 unspecified atom stereocenters. The Balaban J connectivity index is 2.13. The standard InChI is InChI=1S/C10H15F3N2O4S/c1-2-14-9-15-3-4(16)5(17)6(19-8(3)20-9)7(18)10(11,12)13/h3-8,16-18H,2H2,1H3,(H,14,15)/t3-,4-,5+,6+,7-,8-/m1/s1. The van der Waals surface area contributed by atoms with E-state index in [-0.39, 0.29) is 0 Å². The first-order valence-electron chi connectivity index (χ1n) is 6.00. The number of fused-ring (bicyclic) bond motifs is 1. The van der Waals surface area contributed by atoms with Crippen molar-refractivity contribution in [3.63, 3.8) is 0 Å². The number of nitrogens with one attached hydrogen (secondary N) is 1. The minimum absolute atomic E-state index is 0.427. The van der Waals surface area contributed by atoms with E-state index in [2.05, 4.69) is 10.3 Å². The van der Waals surface area contributed by atoms with Crippen molar-refractivity contribution < 1.29 is 33.2 Å². The maximum absolute atomic E-state index is 12.5. The SMILES string of the molecule is CCNC1=N[C@@H]2[C@@H](O)[C@H](O)[C@@H]([C@@H](O)C(F)(F)F)O[C@@H]2S1. The second kappa shape index (κ2) is 5.68. The molecule has 1 saturated heterocycles. The molecule has 2 aliphatic rings. The first-order chi connectivity index (χ1) is 9.25. The molecular weight excluding hydrogens is 301 g/mol. The van der Waals surface area contributed by atoms with Crippen LogP contribution in [-0.4, -0.2) is 69.1 Å². The molecule has 6 atom stereocenters. The molecule has 2 aliphatic heterocycles. The molecule has 0 radical (unpaired) electrons. The molecule has 0 aromatic heterocycles. The van der Waals surface area contributed by atoms with Gasteiger partial charge in [-0.05, 0) is 6.92 Å². The highest BCUT2D eigenvalue weighted by Crippen LogP contribution is 2.38. The predicted molar refractivity (Wildman–Crippen MR) is 65.2 cm³/mol. The van der Waals surface area contributed by atoms with E-state index < -0.39 is 42.1 Å². The summed E-state index contributed by atoms with van der Waals surface area (Å²) in [6, 6.07) is -0.860. The Morgan fingerprint density at radius 3 is 2.60 bits per heavy atom. The Morgan fingerprint density at radius 2 is 2.05 bits per heavy atom. The predicted octanol–water partition coefficient (Wildman–Crippen LogP) is -0.563. The molecule has 0 amide bonds. The van der Waals surface area contributed by atoms with Crippen LogP contribution in [0, 0.1) is 0 Å². The van der Waals surface area contributed by atoms with Gasteiger partial charge in [0.25, 0.3) is 0 Å². The Bertz CT molecular complexity index is 395. The van der Waals surface area contributed by atoms with E-state index >= 15 is 0 Å². The largest absolute Gasteiger partial charge is 0.417 e. The summed E-state index contributed by atoms with van der Waals surface area (Å²) in [5.74, 6) is 0. The highest BCUT2D eigenvalue weighted by molar-refractivity contribution is 8.14. The van der Waals surface area contributed by atoms with Gasteiger partial charge in [-0.3, -0.25) is 4.99 Å². The van der Waals surface area contributed by atoms with E-state index in [9.17, 15) is 28.5 Å². The highest BCUT2D eigenvalue weighted by atomic mass is 32.2. The van der Waals surface area contributed by atoms with Crippen LogP contribution in [0.2, 0.25) is 0 Å². The summed E-state index contributed by atoms with van der Waals surface area (Å²) in [6.45, 7) is 2.37. The van der Waals surface area contributed by atoms with E-state index in [4.69, 9.17) is 4.74 Å². The van der Waals surface area contributed by atoms with Gasteiger partial charge in [-0.1, -0.05) is 11.8 Å². The van der Waals surface area contributed by atoms with Gasteiger partial charge in [0.2, 0.25) is 0 Å². The van der Waals surface area contributed by atoms with E-state index in [1.807, 2.05) is 6.92 Å². The maximum Gasteiger partial charge on any atom is 0.417 e. The molecule has 20 heavy (non-hydrogen) atoms. The van der Waals surface area contributed by atoms with Crippen molar-refractivity contribution in [2.45, 2.75) is 49.0 Å². The van der Waals surface area contributed by atoms with Crippen molar-refractivity contribution in [3.05, 3.63) is 0 Å². The quantitative estimate of drug-likeness (QED) is 0.545. The number of thioether (sulfide) groups is 1. The Hall–Kier alpha value is -0.550. The van der Waals surface area contributed by atoms with Crippen LogP contribution in [0.5, 0.6) is 0 Å². The lowest BCUT2D eigenvalue weighted by atomic mass is 9.94. The van der Waals surface area contributed by atoms with Gasteiger partial charge in [0.05, 0.1) is 0 Å². The molecular formula is C10H15F3N2O4S. The minimum Gasteiger partial charge on any atom is -0.388 e. The Kier molecular flexibility index (Phi) is 4.50. The normalized spacial score (nSPS) is 39.1. The summed E-state index contributed by atoms with van der Waals surface area (Å²) >= 11 is 1.02. The first-order valence-corrected chi connectivity index (χ1v) is 6.88. The van der Waals surface area contributed by atoms with E-state index in [0.717, 1.165) is 11.8 Å². The van der Waals surface area contributed by atoms with Crippen LogP contribution in [0.4, 0.5) is 13.2 Å². The van der Waals surface area contributed by atoms with Gasteiger partial charge in [0.1, 0.15) is 29.8 Å². The van der Waals surface area contributed by atoms with Crippen molar-refractivity contribution >= 4 is 16.9 Å². The molecule has 0 aromatic carbocycles. The number of ether oxygens (including phenoxy) is 1. The monoisotopic (exact) mass is 316 g/mol. The van der Waals surface area contributed by atoms with Crippen molar-refractivity contribution in [1.29, 1.82) is 0 Å². The van der Waals surface area contributed by atoms with E-state index in [0.29, 0.717) is 11.7 Å². The second-order valence-electron chi connectivity index (χ2n) is 4.51. The molecule has 0 aliphatic carbocycles. The van der Waals surface area contributed by atoms with Gasteiger partial charge in [0.15, 0.2) is 11.3 Å². The number of nitrogens with zero attached hydrogens (tertiary/aromatic N) is 1. The van der Waals surface area contributed by atoms with Gasteiger partial charge < -0.3 is 25.4 Å². The highest BCUT2D eigenvalue weighted by Gasteiger charge is 2.55. The summed E-state index contributed by atoms with van der Waals surface area (Å²) in [5.41, 5.74) is -0.871. The lowest BCUT2D eigenvalue weighted by molar-refractivity contribution is -0.271. The van der Waals surface area contributed by atoms with Crippen LogP contribution in [-0.2, 0) is 4.74 Å². The third kappa shape index (κ3) is 2.89. The molecule has 10 heteroatoms. The second-order valence-corrected chi connectivity index (χ2v) is 5.60. The number of aliphatic hydroxyl groups is 3. The van der Waals surface area contributed by atoms with Gasteiger partial charge in [-0.25, -0.2) is 0 Å². The zero-order valence-electron chi connectivity index (χ0n) is 10.4. The number of rotatable bonds is 2. The number of halogens is 3. The molecule has 0 saturated carbocycles. The number of aliphatic imine (C=N–C) groups is 1. The summed E-state index contributed by atoms with van der Waals surface area (Å²) < 4.78 is 42.6. The first kappa shape index (κ1) is 15.8. The molecule has 2 heterocycles. The van der Waals surface area contributed by atoms with Gasteiger partial charge in [-0.2, -0.15) is 13.2 Å². The van der Waals surface area contributed by atoms with Gasteiger partial charge in [-0.15, -0.1) is 0 Å². The van der Waals surface area contributed by atoms with E-state index in [1.54, 1.807) is 0 Å². The van der Waals surface area contributed by atoms with Crippen LogP contribution < -0.4 is 5.32 Å². The average molecular weight is 316 g/mol. The topological polar surface area (TPSA) is 94.3 Å². The number of aliphatic hydroxyl groups excluding tert-OH is 3. The minimum atomic E-state index is -4.94. The van der Waals surface area contributed by atoms with Crippen LogP contribution in [0.25, 0.3) is 0 Å². The fourth-order valence-electron chi connectivity index (χ4n) is 2.07. The Morgan fingerprint density at radius 1 is 1.40 bits per heavy atom. The average Bonchev–Trinajstić information content (AvgIpc) is 2.75. The van der Waals surface area contributed by atoms with Gasteiger partial charge in [0, 0.05) is 6.54 Å². The van der Waals surface area contributed by atoms with Crippen LogP contribution in [0.3, 0.4) is 0 Å². The molecule has 1 fully saturated rings. The zero-order chi connectivity index (χ0) is 15.1. The van der Waals surface area contributed by atoms with Crippen LogP contribution >= 0.6 is 11.8 Å². The summed E-state index contributed by atoms with van der Waals surface area (Å²) in [7, 11) is 0. The fraction of sp³-hybridized carbons (Fsp3) is 0.900. The van der Waals surface area contributed by atoms with Crippen LogP contribution in [0.15, 0.2) is 4.99 Å². The number of amidine groups is 1. The molecule has 0 aromatic rings. The lowest BCUT2D eigenvalue weighted by Crippen LogP contribution is -2.60. The Labute approximate surface area is 117 Å². The van der Waals surface area contributed by atoms with Gasteiger partial charge >= 0.3 is 6.18 Å². The third-order valence-corrected chi connectivity index (χ3v) is 4.17. The molecule has 116 valence electrons. The van der Waals surface area contributed by atoms with E-state index in [1.165, 1.54) is 0 Å². The van der Waals surface area contributed by atoms with Crippen LogP contribution in [0.1, 0.15) is 6.92 Å². The van der Waals surface area contributed by atoms with Crippen molar-refractivity contribution in [3.8, 4) is 0 Å². The molecule has 4 N–H and O–H groups in total. The van der Waals surface area contributed by atoms with Crippen molar-refractivity contribution in [1.82, 2.24) is 5.32 Å². The lowest BCUT2D eigenvalue weighted by Gasteiger charge is -2.40. The van der Waals surface area contributed by atoms with Crippen molar-refractivity contribution in [2.24, 2.45) is 4.99 Å². The summed E-state index contributed by atoms with van der Waals surface area (Å²) in [6.07, 6.45) is -13.1. The zero-order valence-corrected chi connectivity index (χ0v) is 11.2. The summed E-state index contributed by atoms with van der Waals surface area (Å²) in [5, 5.41) is 32.1. The molecule has 0 bridgehead atoms. The molecule has 0 spiro atoms. The number of hydrogen-bond acceptors (Lipinski definition) is 7. The fourth-order valence-corrected chi connectivity index (χ4v) is 3.25. The number of alkyl halides is 3. The van der Waals surface area contributed by atoms with Crippen molar-refractivity contribution in [2.75, 3.05) is 6.54 Å². The molecule has 2 rings (SSSR count). The number of hydrogen-bond donors (Lipinski definition) is 4. The smallest absolute Gasteiger partial charge is 0.388 e.